The Hall–Kier alpha value is -2.73. The van der Waals surface area contributed by atoms with Gasteiger partial charge in [-0.15, -0.1) is 0 Å². The molecule has 0 fully saturated rings. The minimum Gasteiger partial charge on any atom is -0.332 e. The van der Waals surface area contributed by atoms with Gasteiger partial charge in [-0.1, -0.05) is 59.7 Å². The number of hydrogen-bond donors (Lipinski definition) is 3. The smallest absolute Gasteiger partial charge is 0.257 e. The van der Waals surface area contributed by atoms with Crippen molar-refractivity contribution < 1.29 is 9.59 Å². The summed E-state index contributed by atoms with van der Waals surface area (Å²) in [6, 6.07) is 14.7. The Morgan fingerprint density at radius 3 is 1.90 bits per heavy atom. The van der Waals surface area contributed by atoms with Crippen molar-refractivity contribution in [3.05, 3.63) is 59.7 Å². The van der Waals surface area contributed by atoms with Crippen molar-refractivity contribution in [1.29, 1.82) is 0 Å². The molecule has 29 heavy (non-hydrogen) atoms. The van der Waals surface area contributed by atoms with E-state index in [1.54, 1.807) is 30.3 Å². The summed E-state index contributed by atoms with van der Waals surface area (Å²) >= 11 is 5.26. The average molecular weight is 412 g/mol. The second-order valence-corrected chi connectivity index (χ2v) is 9.43. The SMILES string of the molecule is CC(C)(C)C(=O)Nc1cccc(NC(=S)NC(=O)c2ccc(C(C)(C)C)cc2)c1. The Labute approximate surface area is 178 Å². The van der Waals surface area contributed by atoms with Crippen molar-refractivity contribution in [2.24, 2.45) is 5.41 Å². The van der Waals surface area contributed by atoms with Gasteiger partial charge in [0.1, 0.15) is 0 Å². The van der Waals surface area contributed by atoms with Crippen LogP contribution in [0.25, 0.3) is 0 Å². The van der Waals surface area contributed by atoms with Crippen LogP contribution in [0.2, 0.25) is 0 Å². The first-order valence-corrected chi connectivity index (χ1v) is 9.91. The van der Waals surface area contributed by atoms with E-state index in [0.717, 1.165) is 5.56 Å². The summed E-state index contributed by atoms with van der Waals surface area (Å²) in [6.07, 6.45) is 0. The number of anilines is 2. The Balaban J connectivity index is 1.99. The Bertz CT molecular complexity index is 907. The zero-order valence-electron chi connectivity index (χ0n) is 17.8. The van der Waals surface area contributed by atoms with Gasteiger partial charge in [0.15, 0.2) is 5.11 Å². The molecule has 0 atom stereocenters. The van der Waals surface area contributed by atoms with E-state index in [1.165, 1.54) is 0 Å². The fourth-order valence-electron chi connectivity index (χ4n) is 2.45. The van der Waals surface area contributed by atoms with Gasteiger partial charge in [0.05, 0.1) is 0 Å². The van der Waals surface area contributed by atoms with Crippen molar-refractivity contribution in [2.45, 2.75) is 47.0 Å². The Morgan fingerprint density at radius 2 is 1.38 bits per heavy atom. The molecule has 0 heterocycles. The molecule has 0 aromatic heterocycles. The zero-order valence-corrected chi connectivity index (χ0v) is 18.7. The van der Waals surface area contributed by atoms with E-state index in [0.29, 0.717) is 16.9 Å². The summed E-state index contributed by atoms with van der Waals surface area (Å²) < 4.78 is 0. The zero-order chi connectivity index (χ0) is 21.8. The van der Waals surface area contributed by atoms with Crippen molar-refractivity contribution in [3.63, 3.8) is 0 Å². The van der Waals surface area contributed by atoms with Gasteiger partial charge in [-0.05, 0) is 53.5 Å². The van der Waals surface area contributed by atoms with Crippen LogP contribution in [0.15, 0.2) is 48.5 Å². The van der Waals surface area contributed by atoms with Gasteiger partial charge in [-0.3, -0.25) is 14.9 Å². The summed E-state index contributed by atoms with van der Waals surface area (Å²) in [7, 11) is 0. The van der Waals surface area contributed by atoms with E-state index in [1.807, 2.05) is 39.0 Å². The number of nitrogens with one attached hydrogen (secondary N) is 3. The molecule has 0 saturated carbocycles. The minimum absolute atomic E-state index is 0.0271. The van der Waals surface area contributed by atoms with Crippen LogP contribution in [-0.2, 0) is 10.2 Å². The summed E-state index contributed by atoms with van der Waals surface area (Å²) in [4.78, 5) is 24.6. The lowest BCUT2D eigenvalue weighted by atomic mass is 9.87. The third-order valence-electron chi connectivity index (χ3n) is 4.30. The lowest BCUT2D eigenvalue weighted by Crippen LogP contribution is -2.34. The van der Waals surface area contributed by atoms with Gasteiger partial charge < -0.3 is 10.6 Å². The van der Waals surface area contributed by atoms with Crippen LogP contribution in [0, 0.1) is 5.41 Å². The van der Waals surface area contributed by atoms with Gasteiger partial charge in [-0.25, -0.2) is 0 Å². The average Bonchev–Trinajstić information content (AvgIpc) is 2.60. The highest BCUT2D eigenvalue weighted by Crippen LogP contribution is 2.22. The molecular formula is C23H29N3O2S. The first-order chi connectivity index (χ1) is 13.4. The van der Waals surface area contributed by atoms with Crippen LogP contribution in [0.5, 0.6) is 0 Å². The van der Waals surface area contributed by atoms with Crippen LogP contribution in [0.4, 0.5) is 11.4 Å². The molecule has 0 radical (unpaired) electrons. The van der Waals surface area contributed by atoms with E-state index < -0.39 is 5.41 Å². The predicted molar refractivity (Wildman–Crippen MR) is 123 cm³/mol. The molecule has 2 amide bonds. The fraction of sp³-hybridized carbons (Fsp3) is 0.348. The lowest BCUT2D eigenvalue weighted by molar-refractivity contribution is -0.123. The topological polar surface area (TPSA) is 70.2 Å². The van der Waals surface area contributed by atoms with E-state index in [2.05, 4.69) is 36.7 Å². The van der Waals surface area contributed by atoms with Gasteiger partial charge in [-0.2, -0.15) is 0 Å². The van der Waals surface area contributed by atoms with Crippen LogP contribution < -0.4 is 16.0 Å². The summed E-state index contributed by atoms with van der Waals surface area (Å²) in [6.45, 7) is 11.9. The summed E-state index contributed by atoms with van der Waals surface area (Å²) in [5.74, 6) is -0.357. The van der Waals surface area contributed by atoms with Crippen molar-refractivity contribution in [3.8, 4) is 0 Å². The largest absolute Gasteiger partial charge is 0.332 e. The van der Waals surface area contributed by atoms with Crippen LogP contribution in [-0.4, -0.2) is 16.9 Å². The third-order valence-corrected chi connectivity index (χ3v) is 4.50. The van der Waals surface area contributed by atoms with Crippen LogP contribution >= 0.6 is 12.2 Å². The van der Waals surface area contributed by atoms with E-state index >= 15 is 0 Å². The minimum atomic E-state index is -0.491. The molecule has 0 aliphatic carbocycles. The number of carbonyl (C=O) groups is 2. The van der Waals surface area contributed by atoms with Crippen molar-refractivity contribution in [1.82, 2.24) is 5.32 Å². The van der Waals surface area contributed by atoms with Crippen LogP contribution in [0.1, 0.15) is 57.5 Å². The number of hydrogen-bond acceptors (Lipinski definition) is 3. The molecule has 2 rings (SSSR count). The quantitative estimate of drug-likeness (QED) is 0.615. The van der Waals surface area contributed by atoms with E-state index in [4.69, 9.17) is 12.2 Å². The number of rotatable bonds is 3. The standard InChI is InChI=1S/C23H29N3O2S/c1-22(2,3)16-12-10-15(11-13-16)19(27)26-21(29)25-18-9-7-8-17(14-18)24-20(28)23(4,5)6/h7-14H,1-6H3,(H,24,28)(H2,25,26,27,29). The van der Waals surface area contributed by atoms with Gasteiger partial charge in [0.2, 0.25) is 5.91 Å². The lowest BCUT2D eigenvalue weighted by Gasteiger charge is -2.19. The highest BCUT2D eigenvalue weighted by atomic mass is 32.1. The third kappa shape index (κ3) is 6.68. The second-order valence-electron chi connectivity index (χ2n) is 9.02. The summed E-state index contributed by atoms with van der Waals surface area (Å²) in [5, 5.41) is 8.72. The molecule has 0 unspecified atom stereocenters. The Kier molecular flexibility index (Phi) is 6.80. The maximum absolute atomic E-state index is 12.4. The number of thiocarbonyl (C=S) groups is 1. The number of carbonyl (C=O) groups excluding carboxylic acids is 2. The van der Waals surface area contributed by atoms with Gasteiger partial charge in [0, 0.05) is 22.4 Å². The highest BCUT2D eigenvalue weighted by molar-refractivity contribution is 7.80. The fourth-order valence-corrected chi connectivity index (χ4v) is 2.66. The first kappa shape index (κ1) is 22.6. The maximum Gasteiger partial charge on any atom is 0.257 e. The van der Waals surface area contributed by atoms with E-state index in [9.17, 15) is 9.59 Å². The first-order valence-electron chi connectivity index (χ1n) is 9.51. The van der Waals surface area contributed by atoms with Gasteiger partial charge in [0.25, 0.3) is 5.91 Å². The Morgan fingerprint density at radius 1 is 0.828 bits per heavy atom. The predicted octanol–water partition coefficient (Wildman–Crippen LogP) is 5.10. The molecule has 6 heteroatoms. The molecule has 154 valence electrons. The molecule has 5 nitrogen and oxygen atoms in total. The molecule has 0 aliphatic rings. The van der Waals surface area contributed by atoms with E-state index in [-0.39, 0.29) is 22.3 Å². The number of amides is 2. The molecule has 2 aromatic rings. The second kappa shape index (κ2) is 8.74. The molecule has 2 aromatic carbocycles. The van der Waals surface area contributed by atoms with Crippen molar-refractivity contribution >= 4 is 40.5 Å². The molecule has 0 bridgehead atoms. The van der Waals surface area contributed by atoms with Crippen molar-refractivity contribution in [2.75, 3.05) is 10.6 Å². The van der Waals surface area contributed by atoms with Crippen LogP contribution in [0.3, 0.4) is 0 Å². The monoisotopic (exact) mass is 411 g/mol. The maximum atomic E-state index is 12.4. The highest BCUT2D eigenvalue weighted by Gasteiger charge is 2.21. The van der Waals surface area contributed by atoms with Gasteiger partial charge >= 0.3 is 0 Å². The molecular weight excluding hydrogens is 382 g/mol. The summed E-state index contributed by atoms with van der Waals surface area (Å²) in [5.41, 5.74) is 2.55. The normalized spacial score (nSPS) is 11.5. The molecule has 3 N–H and O–H groups in total. The number of benzene rings is 2. The molecule has 0 aliphatic heterocycles. The molecule has 0 spiro atoms. The molecule has 0 saturated heterocycles.